The topological polar surface area (TPSA) is 56.8 Å². The van der Waals surface area contributed by atoms with E-state index in [4.69, 9.17) is 26.8 Å². The summed E-state index contributed by atoms with van der Waals surface area (Å²) in [5.74, 6) is 0.413. The van der Waals surface area contributed by atoms with Gasteiger partial charge in [0, 0.05) is 17.0 Å². The van der Waals surface area contributed by atoms with Gasteiger partial charge in [0.25, 0.3) is 6.02 Å². The molecule has 2 aromatic carbocycles. The van der Waals surface area contributed by atoms with E-state index < -0.39 is 0 Å². The summed E-state index contributed by atoms with van der Waals surface area (Å²) in [4.78, 5) is 4.52. The molecule has 2 atom stereocenters. The van der Waals surface area contributed by atoms with Crippen molar-refractivity contribution in [1.29, 1.82) is 0 Å². The molecule has 4 nitrogen and oxygen atoms in total. The third kappa shape index (κ3) is 4.72. The summed E-state index contributed by atoms with van der Waals surface area (Å²) < 4.78 is 25.0. The lowest BCUT2D eigenvalue weighted by Crippen LogP contribution is -2.26. The van der Waals surface area contributed by atoms with Gasteiger partial charge in [-0.25, -0.2) is 9.38 Å². The van der Waals surface area contributed by atoms with E-state index in [1.165, 1.54) is 19.2 Å². The number of aliphatic imine (C=N–C) groups is 1. The molecule has 0 aliphatic carbocycles. The molecular formula is C21H24ClFN2O2. The van der Waals surface area contributed by atoms with Gasteiger partial charge in [-0.15, -0.1) is 0 Å². The molecule has 0 saturated heterocycles. The number of benzene rings is 2. The molecule has 27 heavy (non-hydrogen) atoms. The highest BCUT2D eigenvalue weighted by Crippen LogP contribution is 2.41. The zero-order chi connectivity index (χ0) is 19.4. The Morgan fingerprint density at radius 3 is 2.81 bits per heavy atom. The summed E-state index contributed by atoms with van der Waals surface area (Å²) in [5, 5.41) is 0.358. The van der Waals surface area contributed by atoms with E-state index in [2.05, 4.69) is 11.9 Å². The van der Waals surface area contributed by atoms with Crippen molar-refractivity contribution in [2.75, 3.05) is 7.11 Å². The Labute approximate surface area is 164 Å². The lowest BCUT2D eigenvalue weighted by atomic mass is 9.92. The van der Waals surface area contributed by atoms with Crippen LogP contribution in [0, 0.1) is 5.82 Å². The summed E-state index contributed by atoms with van der Waals surface area (Å²) in [6, 6.07) is 10.2. The maximum absolute atomic E-state index is 13.8. The van der Waals surface area contributed by atoms with E-state index in [0.29, 0.717) is 10.6 Å². The number of halogens is 2. The van der Waals surface area contributed by atoms with Gasteiger partial charge in [0.05, 0.1) is 13.2 Å². The van der Waals surface area contributed by atoms with Crippen LogP contribution in [0.25, 0.3) is 11.1 Å². The van der Waals surface area contributed by atoms with Crippen molar-refractivity contribution >= 4 is 17.6 Å². The summed E-state index contributed by atoms with van der Waals surface area (Å²) >= 11 is 6.01. The number of nitrogens with two attached hydrogens (primary N) is 1. The molecule has 2 N–H and O–H groups in total. The monoisotopic (exact) mass is 390 g/mol. The minimum absolute atomic E-state index is 0.0883. The largest absolute Gasteiger partial charge is 0.490 e. The van der Waals surface area contributed by atoms with E-state index in [9.17, 15) is 4.39 Å². The first-order valence-electron chi connectivity index (χ1n) is 9.14. The zero-order valence-corrected chi connectivity index (χ0v) is 16.3. The number of ether oxygens (including phenoxy) is 2. The van der Waals surface area contributed by atoms with Gasteiger partial charge in [0.15, 0.2) is 0 Å². The van der Waals surface area contributed by atoms with Gasteiger partial charge < -0.3 is 15.2 Å². The summed E-state index contributed by atoms with van der Waals surface area (Å²) in [5.41, 5.74) is 8.29. The number of fused-ring (bicyclic) bond motifs is 1. The van der Waals surface area contributed by atoms with Crippen LogP contribution in [0.15, 0.2) is 41.4 Å². The van der Waals surface area contributed by atoms with Gasteiger partial charge in [0.2, 0.25) is 0 Å². The zero-order valence-electron chi connectivity index (χ0n) is 15.5. The Morgan fingerprint density at radius 2 is 2.11 bits per heavy atom. The van der Waals surface area contributed by atoms with Crippen LogP contribution in [0.2, 0.25) is 5.02 Å². The lowest BCUT2D eigenvalue weighted by molar-refractivity contribution is 0.147. The first-order chi connectivity index (χ1) is 13.0. The second kappa shape index (κ2) is 8.61. The van der Waals surface area contributed by atoms with E-state index in [1.54, 1.807) is 6.07 Å². The molecule has 6 heteroatoms. The summed E-state index contributed by atoms with van der Waals surface area (Å²) in [7, 11) is 1.50. The SMILES string of the molecule is CCCCC1CC(N=C(N)OC)c2cc(-c3cc(F)cc(Cl)c3)ccc2O1. The van der Waals surface area contributed by atoms with Crippen molar-refractivity contribution in [3.63, 3.8) is 0 Å². The van der Waals surface area contributed by atoms with Gasteiger partial charge in [-0.2, -0.15) is 0 Å². The van der Waals surface area contributed by atoms with Crippen molar-refractivity contribution in [1.82, 2.24) is 0 Å². The van der Waals surface area contributed by atoms with Crippen LogP contribution in [-0.2, 0) is 4.74 Å². The minimum atomic E-state index is -0.371. The van der Waals surface area contributed by atoms with Gasteiger partial charge >= 0.3 is 0 Å². The predicted molar refractivity (Wildman–Crippen MR) is 107 cm³/mol. The quantitative estimate of drug-likeness (QED) is 0.542. The van der Waals surface area contributed by atoms with Gasteiger partial charge in [-0.3, -0.25) is 0 Å². The van der Waals surface area contributed by atoms with Crippen LogP contribution in [0.1, 0.15) is 44.2 Å². The average molecular weight is 391 g/mol. The maximum atomic E-state index is 13.8. The van der Waals surface area contributed by atoms with E-state index >= 15 is 0 Å². The number of unbranched alkanes of at least 4 members (excludes halogenated alkanes) is 1. The average Bonchev–Trinajstić information content (AvgIpc) is 2.65. The Kier molecular flexibility index (Phi) is 6.22. The fourth-order valence-corrected chi connectivity index (χ4v) is 3.58. The Morgan fingerprint density at radius 1 is 1.30 bits per heavy atom. The Hall–Kier alpha value is -2.27. The molecule has 0 saturated carbocycles. The lowest BCUT2D eigenvalue weighted by Gasteiger charge is -2.31. The Bertz CT molecular complexity index is 821. The fraction of sp³-hybridized carbons (Fsp3) is 0.381. The minimum Gasteiger partial charge on any atom is -0.490 e. The standard InChI is InChI=1S/C21H24ClFN2O2/c1-3-4-5-17-12-19(25-21(24)26-2)18-10-13(6-7-20(18)27-17)14-8-15(22)11-16(23)9-14/h6-11,17,19H,3-5,12H2,1-2H3,(H2,24,25). The molecule has 2 aromatic rings. The van der Waals surface area contributed by atoms with E-state index in [-0.39, 0.29) is 24.0 Å². The third-order valence-corrected chi connectivity index (χ3v) is 4.93. The van der Waals surface area contributed by atoms with Gasteiger partial charge in [0.1, 0.15) is 17.7 Å². The molecule has 2 unspecified atom stereocenters. The Balaban J connectivity index is 1.99. The molecule has 1 heterocycles. The smallest absolute Gasteiger partial charge is 0.282 e. The third-order valence-electron chi connectivity index (χ3n) is 4.72. The molecule has 0 spiro atoms. The molecule has 0 amide bonds. The predicted octanol–water partition coefficient (Wildman–Crippen LogP) is 5.49. The van der Waals surface area contributed by atoms with E-state index in [0.717, 1.165) is 42.6 Å². The molecule has 0 radical (unpaired) electrons. The number of hydrogen-bond acceptors (Lipinski definition) is 3. The second-order valence-corrected chi connectivity index (χ2v) is 7.15. The first kappa shape index (κ1) is 19.5. The molecule has 1 aliphatic heterocycles. The molecule has 0 fully saturated rings. The van der Waals surface area contributed by atoms with Crippen molar-refractivity contribution in [3.8, 4) is 16.9 Å². The van der Waals surface area contributed by atoms with Gasteiger partial charge in [-0.05, 0) is 47.9 Å². The van der Waals surface area contributed by atoms with E-state index in [1.807, 2.05) is 18.2 Å². The number of hydrogen-bond donors (Lipinski definition) is 1. The normalized spacial score (nSPS) is 19.3. The highest BCUT2D eigenvalue weighted by atomic mass is 35.5. The molecular weight excluding hydrogens is 367 g/mol. The van der Waals surface area contributed by atoms with Crippen molar-refractivity contribution < 1.29 is 13.9 Å². The van der Waals surface area contributed by atoms with Crippen molar-refractivity contribution in [2.45, 2.75) is 44.8 Å². The summed E-state index contributed by atoms with van der Waals surface area (Å²) in [6.07, 6.45) is 3.99. The van der Waals surface area contributed by atoms with Crippen LogP contribution in [0.5, 0.6) is 5.75 Å². The fourth-order valence-electron chi connectivity index (χ4n) is 3.36. The van der Waals surface area contributed by atoms with Crippen LogP contribution in [-0.4, -0.2) is 19.2 Å². The molecule has 1 aliphatic rings. The van der Waals surface area contributed by atoms with Gasteiger partial charge in [-0.1, -0.05) is 37.4 Å². The van der Waals surface area contributed by atoms with Crippen molar-refractivity contribution in [3.05, 3.63) is 52.8 Å². The maximum Gasteiger partial charge on any atom is 0.282 e. The highest BCUT2D eigenvalue weighted by molar-refractivity contribution is 6.30. The second-order valence-electron chi connectivity index (χ2n) is 6.72. The van der Waals surface area contributed by atoms with Crippen molar-refractivity contribution in [2.24, 2.45) is 10.7 Å². The number of rotatable bonds is 5. The van der Waals surface area contributed by atoms with Crippen LogP contribution >= 0.6 is 11.6 Å². The number of nitrogens with zero attached hydrogens (tertiary/aromatic N) is 1. The number of amidine groups is 1. The first-order valence-corrected chi connectivity index (χ1v) is 9.52. The molecule has 144 valence electrons. The summed E-state index contributed by atoms with van der Waals surface area (Å²) in [6.45, 7) is 2.16. The highest BCUT2D eigenvalue weighted by Gasteiger charge is 2.28. The molecule has 3 rings (SSSR count). The number of methoxy groups -OCH3 is 1. The molecule has 0 bridgehead atoms. The van der Waals surface area contributed by atoms with Crippen LogP contribution in [0.4, 0.5) is 4.39 Å². The van der Waals surface area contributed by atoms with Crippen LogP contribution < -0.4 is 10.5 Å². The molecule has 0 aromatic heterocycles. The van der Waals surface area contributed by atoms with Crippen LogP contribution in [0.3, 0.4) is 0 Å².